The molecule has 21 heavy (non-hydrogen) atoms. The van der Waals surface area contributed by atoms with Gasteiger partial charge in [0.2, 0.25) is 5.88 Å². The van der Waals surface area contributed by atoms with Gasteiger partial charge in [0.1, 0.15) is 16.8 Å². The van der Waals surface area contributed by atoms with Crippen LogP contribution in [0.25, 0.3) is 0 Å². The van der Waals surface area contributed by atoms with E-state index in [0.29, 0.717) is 12.4 Å². The Hall–Kier alpha value is -2.05. The third-order valence-electron chi connectivity index (χ3n) is 2.73. The average molecular weight is 311 g/mol. The Kier molecular flexibility index (Phi) is 5.19. The second kappa shape index (κ2) is 7.10. The molecule has 0 aliphatic rings. The summed E-state index contributed by atoms with van der Waals surface area (Å²) in [6.45, 7) is 1.97. The quantitative estimate of drug-likeness (QED) is 0.854. The lowest BCUT2D eigenvalue weighted by molar-refractivity contribution is 0.0907. The Balaban J connectivity index is 2.11. The fraction of sp³-hybridized carbons (Fsp3) is 0.286. The van der Waals surface area contributed by atoms with E-state index in [1.165, 1.54) is 18.5 Å². The van der Waals surface area contributed by atoms with E-state index in [1.807, 2.05) is 6.92 Å². The van der Waals surface area contributed by atoms with Crippen LogP contribution in [-0.2, 0) is 0 Å². The minimum absolute atomic E-state index is 0.253. The normalized spacial score (nSPS) is 12.0. The maximum atomic E-state index is 12.1. The van der Waals surface area contributed by atoms with Crippen molar-refractivity contribution in [2.45, 2.75) is 13.0 Å². The number of furan rings is 1. The predicted molar refractivity (Wildman–Crippen MR) is 76.4 cm³/mol. The first-order valence-electron chi connectivity index (χ1n) is 6.39. The third kappa shape index (κ3) is 3.74. The molecule has 0 saturated carbocycles. The van der Waals surface area contributed by atoms with Crippen LogP contribution < -0.4 is 10.1 Å². The molecule has 0 spiro atoms. The molecule has 6 nitrogen and oxygen atoms in total. The number of aliphatic hydroxyl groups excluding tert-OH is 1. The van der Waals surface area contributed by atoms with Crippen molar-refractivity contribution >= 4 is 17.5 Å². The summed E-state index contributed by atoms with van der Waals surface area (Å²) in [5, 5.41) is 12.2. The zero-order valence-corrected chi connectivity index (χ0v) is 12.1. The third-order valence-corrected chi connectivity index (χ3v) is 3.00. The summed E-state index contributed by atoms with van der Waals surface area (Å²) in [6.07, 6.45) is 2.84. The Morgan fingerprint density at radius 1 is 1.62 bits per heavy atom. The highest BCUT2D eigenvalue weighted by atomic mass is 35.5. The maximum Gasteiger partial charge on any atom is 0.253 e. The fourth-order valence-corrected chi connectivity index (χ4v) is 1.95. The van der Waals surface area contributed by atoms with Crippen LogP contribution in [0.2, 0.25) is 5.02 Å². The van der Waals surface area contributed by atoms with Gasteiger partial charge >= 0.3 is 0 Å². The van der Waals surface area contributed by atoms with Gasteiger partial charge in [0, 0.05) is 6.20 Å². The van der Waals surface area contributed by atoms with Crippen molar-refractivity contribution in [3.8, 4) is 5.88 Å². The Morgan fingerprint density at radius 2 is 2.43 bits per heavy atom. The molecule has 7 heteroatoms. The smallest absolute Gasteiger partial charge is 0.253 e. The van der Waals surface area contributed by atoms with Crippen LogP contribution in [0.3, 0.4) is 0 Å². The van der Waals surface area contributed by atoms with Crippen LogP contribution in [0.1, 0.15) is 29.1 Å². The van der Waals surface area contributed by atoms with Crippen LogP contribution in [0, 0.1) is 0 Å². The van der Waals surface area contributed by atoms with E-state index in [9.17, 15) is 9.90 Å². The second-order valence-electron chi connectivity index (χ2n) is 4.17. The van der Waals surface area contributed by atoms with Gasteiger partial charge in [-0.1, -0.05) is 11.6 Å². The minimum atomic E-state index is -0.627. The van der Waals surface area contributed by atoms with Crippen LogP contribution in [0.5, 0.6) is 5.88 Å². The standard InChI is InChI=1S/C14H15ClN2O4/c1-2-20-14-10(15)6-9(7-16-14)13(19)17-11(8-18)12-4-3-5-21-12/h3-7,11,18H,2,8H2,1H3,(H,17,19). The number of nitrogens with zero attached hydrogens (tertiary/aromatic N) is 1. The van der Waals surface area contributed by atoms with Gasteiger partial charge in [-0.05, 0) is 25.1 Å². The van der Waals surface area contributed by atoms with Crippen molar-refractivity contribution in [2.24, 2.45) is 0 Å². The van der Waals surface area contributed by atoms with Crippen molar-refractivity contribution in [1.29, 1.82) is 0 Å². The van der Waals surface area contributed by atoms with E-state index in [2.05, 4.69) is 10.3 Å². The molecule has 0 aromatic carbocycles. The zero-order valence-electron chi connectivity index (χ0n) is 11.4. The monoisotopic (exact) mass is 310 g/mol. The molecule has 2 aromatic rings. The minimum Gasteiger partial charge on any atom is -0.477 e. The van der Waals surface area contributed by atoms with Crippen molar-refractivity contribution in [3.63, 3.8) is 0 Å². The van der Waals surface area contributed by atoms with Gasteiger partial charge in [-0.3, -0.25) is 4.79 Å². The van der Waals surface area contributed by atoms with Crippen molar-refractivity contribution in [3.05, 3.63) is 47.0 Å². The highest BCUT2D eigenvalue weighted by Crippen LogP contribution is 2.22. The number of ether oxygens (including phenoxy) is 1. The number of nitrogens with one attached hydrogen (secondary N) is 1. The summed E-state index contributed by atoms with van der Waals surface area (Å²) in [7, 11) is 0. The van der Waals surface area contributed by atoms with Crippen molar-refractivity contribution in [2.75, 3.05) is 13.2 Å². The molecule has 2 N–H and O–H groups in total. The number of halogens is 1. The molecule has 2 rings (SSSR count). The number of carbonyl (C=O) groups excluding carboxylic acids is 1. The summed E-state index contributed by atoms with van der Waals surface area (Å²) >= 11 is 5.99. The lowest BCUT2D eigenvalue weighted by atomic mass is 10.2. The molecule has 0 fully saturated rings. The van der Waals surface area contributed by atoms with Gasteiger partial charge in [-0.25, -0.2) is 4.98 Å². The first-order chi connectivity index (χ1) is 10.2. The summed E-state index contributed by atoms with van der Waals surface area (Å²) in [6, 6.07) is 4.19. The average Bonchev–Trinajstić information content (AvgIpc) is 3.01. The van der Waals surface area contributed by atoms with Gasteiger partial charge in [0.25, 0.3) is 5.91 Å². The summed E-state index contributed by atoms with van der Waals surface area (Å²) in [4.78, 5) is 16.1. The van der Waals surface area contributed by atoms with E-state index < -0.39 is 11.9 Å². The Morgan fingerprint density at radius 3 is 3.00 bits per heavy atom. The van der Waals surface area contributed by atoms with Gasteiger partial charge < -0.3 is 19.6 Å². The highest BCUT2D eigenvalue weighted by molar-refractivity contribution is 6.32. The topological polar surface area (TPSA) is 84.6 Å². The molecule has 1 unspecified atom stereocenters. The van der Waals surface area contributed by atoms with Gasteiger partial charge in [-0.15, -0.1) is 0 Å². The van der Waals surface area contributed by atoms with E-state index in [4.69, 9.17) is 20.8 Å². The van der Waals surface area contributed by atoms with Gasteiger partial charge in [-0.2, -0.15) is 0 Å². The number of hydrogen-bond acceptors (Lipinski definition) is 5. The first-order valence-corrected chi connectivity index (χ1v) is 6.77. The summed E-state index contributed by atoms with van der Waals surface area (Å²) in [5.74, 6) is 0.333. The van der Waals surface area contributed by atoms with E-state index in [1.54, 1.807) is 12.1 Å². The molecular formula is C14H15ClN2O4. The molecule has 1 amide bonds. The van der Waals surface area contributed by atoms with E-state index >= 15 is 0 Å². The molecule has 1 atom stereocenters. The summed E-state index contributed by atoms with van der Waals surface area (Å²) < 4.78 is 10.4. The van der Waals surface area contributed by atoms with Crippen LogP contribution in [0.15, 0.2) is 35.1 Å². The van der Waals surface area contributed by atoms with Crippen LogP contribution in [-0.4, -0.2) is 29.2 Å². The van der Waals surface area contributed by atoms with Crippen LogP contribution >= 0.6 is 11.6 Å². The molecular weight excluding hydrogens is 296 g/mol. The number of aliphatic hydroxyl groups is 1. The number of carbonyl (C=O) groups is 1. The molecule has 0 aliphatic heterocycles. The van der Waals surface area contributed by atoms with Gasteiger partial charge in [0.05, 0.1) is 25.0 Å². The predicted octanol–water partition coefficient (Wildman–Crippen LogP) is 2.19. The SMILES string of the molecule is CCOc1ncc(C(=O)NC(CO)c2ccco2)cc1Cl. The molecule has 0 aliphatic carbocycles. The largest absolute Gasteiger partial charge is 0.477 e. The van der Waals surface area contributed by atoms with E-state index in [0.717, 1.165) is 0 Å². The second-order valence-corrected chi connectivity index (χ2v) is 4.58. The number of rotatable bonds is 6. The first kappa shape index (κ1) is 15.3. The van der Waals surface area contributed by atoms with Gasteiger partial charge in [0.15, 0.2) is 0 Å². The molecule has 2 aromatic heterocycles. The molecule has 112 valence electrons. The molecule has 0 radical (unpaired) electrons. The summed E-state index contributed by atoms with van der Waals surface area (Å²) in [5.41, 5.74) is 0.272. The molecule has 2 heterocycles. The fourth-order valence-electron chi connectivity index (χ4n) is 1.73. The Labute approximate surface area is 126 Å². The maximum absolute atomic E-state index is 12.1. The number of hydrogen-bond donors (Lipinski definition) is 2. The highest BCUT2D eigenvalue weighted by Gasteiger charge is 2.18. The molecule has 0 bridgehead atoms. The number of aromatic nitrogens is 1. The lowest BCUT2D eigenvalue weighted by Crippen LogP contribution is -2.30. The number of amides is 1. The van der Waals surface area contributed by atoms with Crippen molar-refractivity contribution in [1.82, 2.24) is 10.3 Å². The Bertz CT molecular complexity index is 601. The van der Waals surface area contributed by atoms with Crippen LogP contribution in [0.4, 0.5) is 0 Å². The lowest BCUT2D eigenvalue weighted by Gasteiger charge is -2.14. The number of pyridine rings is 1. The molecule has 0 saturated heterocycles. The van der Waals surface area contributed by atoms with Crippen molar-refractivity contribution < 1.29 is 19.1 Å². The zero-order chi connectivity index (χ0) is 15.2. The van der Waals surface area contributed by atoms with E-state index in [-0.39, 0.29) is 23.1 Å².